The number of unbranched alkanes of at least 4 members (excludes halogenated alkanes) is 3. The van der Waals surface area contributed by atoms with Crippen LogP contribution in [0.3, 0.4) is 0 Å². The smallest absolute Gasteiger partial charge is 0.411 e. The van der Waals surface area contributed by atoms with E-state index in [0.29, 0.717) is 25.1 Å². The number of hydrogen-bond donors (Lipinski definition) is 4. The van der Waals surface area contributed by atoms with Crippen LogP contribution in [0.2, 0.25) is 0 Å². The standard InChI is InChI=1S/C28H43NO5/c1-3-4-13-21(2)25(30)18-17-24-23(26(31)20-27(24)32)16-11-6-5-7-12-19-34-28(33)29-22-14-9-8-10-15-22/h6,8-11,14-15,17-18,21,23-27,30-32H,3-5,7,12-13,16,19-20H2,1-2H3,(H,29,33)/t21?,23-,24-,25-,26+,27-/m1/s1. The van der Waals surface area contributed by atoms with Crippen LogP contribution in [0.25, 0.3) is 0 Å². The molecule has 1 saturated carbocycles. The Morgan fingerprint density at radius 1 is 1.15 bits per heavy atom. The molecule has 6 nitrogen and oxygen atoms in total. The molecule has 1 aliphatic carbocycles. The molecule has 6 heteroatoms. The first-order valence-corrected chi connectivity index (χ1v) is 12.8. The van der Waals surface area contributed by atoms with E-state index >= 15 is 0 Å². The van der Waals surface area contributed by atoms with Gasteiger partial charge in [0.05, 0.1) is 24.9 Å². The third-order valence-corrected chi connectivity index (χ3v) is 6.64. The van der Waals surface area contributed by atoms with Gasteiger partial charge in [-0.15, -0.1) is 0 Å². The predicted molar refractivity (Wildman–Crippen MR) is 136 cm³/mol. The van der Waals surface area contributed by atoms with E-state index in [-0.39, 0.29) is 17.8 Å². The Morgan fingerprint density at radius 2 is 1.91 bits per heavy atom. The van der Waals surface area contributed by atoms with Gasteiger partial charge in [-0.05, 0) is 56.1 Å². The maximum atomic E-state index is 11.7. The van der Waals surface area contributed by atoms with E-state index in [4.69, 9.17) is 4.74 Å². The fraction of sp³-hybridized carbons (Fsp3) is 0.607. The van der Waals surface area contributed by atoms with E-state index in [1.165, 1.54) is 0 Å². The zero-order valence-corrected chi connectivity index (χ0v) is 20.7. The number of hydrogen-bond acceptors (Lipinski definition) is 5. The number of allylic oxidation sites excluding steroid dienone is 2. The number of anilines is 1. The average Bonchev–Trinajstić information content (AvgIpc) is 3.09. The first kappa shape index (κ1) is 28.1. The van der Waals surface area contributed by atoms with Crippen LogP contribution in [0.15, 0.2) is 54.6 Å². The number of aliphatic hydroxyl groups excluding tert-OH is 3. The molecule has 1 fully saturated rings. The fourth-order valence-corrected chi connectivity index (χ4v) is 4.41. The Hall–Kier alpha value is -2.15. The first-order chi connectivity index (χ1) is 16.4. The molecule has 34 heavy (non-hydrogen) atoms. The van der Waals surface area contributed by atoms with Gasteiger partial charge >= 0.3 is 6.09 Å². The largest absolute Gasteiger partial charge is 0.449 e. The third-order valence-electron chi connectivity index (χ3n) is 6.64. The Bertz CT molecular complexity index is 750. The highest BCUT2D eigenvalue weighted by Crippen LogP contribution is 2.36. The number of ether oxygens (including phenoxy) is 1. The van der Waals surface area contributed by atoms with Crippen molar-refractivity contribution in [3.05, 3.63) is 54.6 Å². The van der Waals surface area contributed by atoms with Gasteiger partial charge in [0.15, 0.2) is 0 Å². The van der Waals surface area contributed by atoms with Gasteiger partial charge in [-0.25, -0.2) is 4.79 Å². The molecule has 0 bridgehead atoms. The maximum absolute atomic E-state index is 11.7. The van der Waals surface area contributed by atoms with Gasteiger partial charge in [0.1, 0.15) is 0 Å². The van der Waals surface area contributed by atoms with E-state index in [1.807, 2.05) is 43.3 Å². The Balaban J connectivity index is 1.66. The molecule has 2 rings (SSSR count). The lowest BCUT2D eigenvalue weighted by Crippen LogP contribution is -2.21. The highest BCUT2D eigenvalue weighted by Gasteiger charge is 2.39. The summed E-state index contributed by atoms with van der Waals surface area (Å²) >= 11 is 0. The number of benzene rings is 1. The van der Waals surface area contributed by atoms with Crippen molar-refractivity contribution in [2.75, 3.05) is 11.9 Å². The van der Waals surface area contributed by atoms with Crippen LogP contribution < -0.4 is 5.32 Å². The third kappa shape index (κ3) is 10.00. The molecule has 1 aromatic rings. The van der Waals surface area contributed by atoms with Crippen LogP contribution in [0.1, 0.15) is 65.2 Å². The summed E-state index contributed by atoms with van der Waals surface area (Å²) in [5, 5.41) is 33.9. The molecule has 1 aromatic carbocycles. The molecule has 0 radical (unpaired) electrons. The Morgan fingerprint density at radius 3 is 2.65 bits per heavy atom. The van der Waals surface area contributed by atoms with Gasteiger partial charge < -0.3 is 20.1 Å². The molecule has 6 atom stereocenters. The van der Waals surface area contributed by atoms with E-state index in [1.54, 1.807) is 6.08 Å². The SMILES string of the molecule is CCCCC(C)[C@H](O)C=C[C@@H]1[C@@H](CC=CCCCCOC(=O)Nc2ccccc2)[C@@H](O)C[C@H]1O. The molecule has 0 spiro atoms. The summed E-state index contributed by atoms with van der Waals surface area (Å²) in [7, 11) is 0. The number of carbonyl (C=O) groups is 1. The second-order valence-corrected chi connectivity index (χ2v) is 9.44. The second-order valence-electron chi connectivity index (χ2n) is 9.44. The Labute approximate surface area is 204 Å². The van der Waals surface area contributed by atoms with E-state index in [2.05, 4.69) is 24.4 Å². The molecule has 0 aromatic heterocycles. The molecule has 190 valence electrons. The van der Waals surface area contributed by atoms with Crippen molar-refractivity contribution in [2.24, 2.45) is 17.8 Å². The number of carbonyl (C=O) groups excluding carboxylic acids is 1. The highest BCUT2D eigenvalue weighted by molar-refractivity contribution is 5.84. The maximum Gasteiger partial charge on any atom is 0.411 e. The Kier molecular flexibility index (Phi) is 13.0. The first-order valence-electron chi connectivity index (χ1n) is 12.8. The number of amides is 1. The minimum atomic E-state index is -0.582. The van der Waals surface area contributed by atoms with Crippen molar-refractivity contribution >= 4 is 11.8 Å². The number of aliphatic hydroxyl groups is 3. The zero-order chi connectivity index (χ0) is 24.8. The fourth-order valence-electron chi connectivity index (χ4n) is 4.41. The van der Waals surface area contributed by atoms with Crippen LogP contribution in [-0.2, 0) is 4.74 Å². The quantitative estimate of drug-likeness (QED) is 0.213. The van der Waals surface area contributed by atoms with Crippen LogP contribution >= 0.6 is 0 Å². The summed E-state index contributed by atoms with van der Waals surface area (Å²) in [6.07, 6.45) is 12.6. The molecule has 1 unspecified atom stereocenters. The minimum absolute atomic E-state index is 0.0503. The monoisotopic (exact) mass is 473 g/mol. The van der Waals surface area contributed by atoms with Gasteiger partial charge in [0, 0.05) is 18.0 Å². The van der Waals surface area contributed by atoms with Crippen LogP contribution in [0.5, 0.6) is 0 Å². The molecule has 4 N–H and O–H groups in total. The molecular weight excluding hydrogens is 430 g/mol. The molecule has 0 saturated heterocycles. The number of para-hydroxylation sites is 1. The molecule has 1 amide bonds. The van der Waals surface area contributed by atoms with Gasteiger partial charge in [-0.1, -0.05) is 69.2 Å². The summed E-state index contributed by atoms with van der Waals surface area (Å²) in [6.45, 7) is 4.56. The summed E-state index contributed by atoms with van der Waals surface area (Å²) in [6, 6.07) is 9.21. The summed E-state index contributed by atoms with van der Waals surface area (Å²) in [4.78, 5) is 11.7. The lowest BCUT2D eigenvalue weighted by Gasteiger charge is -2.21. The lowest BCUT2D eigenvalue weighted by molar-refractivity contribution is 0.120. The number of rotatable bonds is 14. The van der Waals surface area contributed by atoms with Crippen LogP contribution in [0.4, 0.5) is 10.5 Å². The van der Waals surface area contributed by atoms with Gasteiger partial charge in [-0.2, -0.15) is 0 Å². The van der Waals surface area contributed by atoms with Crippen LogP contribution in [-0.4, -0.2) is 46.3 Å². The van der Waals surface area contributed by atoms with Crippen molar-refractivity contribution in [3.8, 4) is 0 Å². The summed E-state index contributed by atoms with van der Waals surface area (Å²) < 4.78 is 5.20. The normalized spacial score (nSPS) is 24.5. The predicted octanol–water partition coefficient (Wildman–Crippen LogP) is 5.45. The zero-order valence-electron chi connectivity index (χ0n) is 20.7. The van der Waals surface area contributed by atoms with E-state index < -0.39 is 24.4 Å². The average molecular weight is 474 g/mol. The van der Waals surface area contributed by atoms with Crippen LogP contribution in [0, 0.1) is 17.8 Å². The summed E-state index contributed by atoms with van der Waals surface area (Å²) in [5.41, 5.74) is 0.711. The second kappa shape index (κ2) is 15.7. The van der Waals surface area contributed by atoms with Crippen molar-refractivity contribution in [3.63, 3.8) is 0 Å². The molecule has 1 aliphatic rings. The highest BCUT2D eigenvalue weighted by atomic mass is 16.5. The van der Waals surface area contributed by atoms with Gasteiger partial charge in [0.25, 0.3) is 0 Å². The van der Waals surface area contributed by atoms with Gasteiger partial charge in [0.2, 0.25) is 0 Å². The molecule has 0 aliphatic heterocycles. The van der Waals surface area contributed by atoms with Crippen molar-refractivity contribution in [2.45, 2.75) is 83.5 Å². The van der Waals surface area contributed by atoms with Crippen molar-refractivity contribution in [1.82, 2.24) is 0 Å². The molecule has 0 heterocycles. The van der Waals surface area contributed by atoms with Crippen molar-refractivity contribution in [1.29, 1.82) is 0 Å². The number of nitrogens with one attached hydrogen (secondary N) is 1. The minimum Gasteiger partial charge on any atom is -0.449 e. The molecular formula is C28H43NO5. The lowest BCUT2D eigenvalue weighted by atomic mass is 9.88. The topological polar surface area (TPSA) is 99.0 Å². The van der Waals surface area contributed by atoms with E-state index in [0.717, 1.165) is 38.5 Å². The van der Waals surface area contributed by atoms with Crippen molar-refractivity contribution < 1.29 is 24.9 Å². The summed E-state index contributed by atoms with van der Waals surface area (Å²) in [5.74, 6) is -0.0127. The van der Waals surface area contributed by atoms with E-state index in [9.17, 15) is 20.1 Å². The van der Waals surface area contributed by atoms with Gasteiger partial charge in [-0.3, -0.25) is 5.32 Å².